The quantitative estimate of drug-likeness (QED) is 0.280. The van der Waals surface area contributed by atoms with Gasteiger partial charge in [0.05, 0.1) is 35.3 Å². The number of anilines is 1. The first-order valence-corrected chi connectivity index (χ1v) is 14.3. The number of aromatic nitrogens is 2. The number of hydrogen-bond donors (Lipinski definition) is 1. The summed E-state index contributed by atoms with van der Waals surface area (Å²) < 4.78 is 74.4. The molecule has 1 saturated heterocycles. The predicted octanol–water partition coefficient (Wildman–Crippen LogP) is 3.72. The van der Waals surface area contributed by atoms with Crippen LogP contribution >= 0.6 is 11.6 Å². The summed E-state index contributed by atoms with van der Waals surface area (Å²) in [6, 6.07) is 5.34. The molecule has 18 heteroatoms. The molecule has 0 saturated carbocycles. The summed E-state index contributed by atoms with van der Waals surface area (Å²) in [5.74, 6) is -8.55. The van der Waals surface area contributed by atoms with Crippen molar-refractivity contribution in [2.24, 2.45) is 12.8 Å². The summed E-state index contributed by atoms with van der Waals surface area (Å²) in [6.45, 7) is 1.25. The van der Waals surface area contributed by atoms with Crippen LogP contribution in [-0.4, -0.2) is 89.1 Å². The van der Waals surface area contributed by atoms with Gasteiger partial charge in [-0.1, -0.05) is 11.6 Å². The third kappa shape index (κ3) is 7.46. The minimum atomic E-state index is -5.53. The largest absolute Gasteiger partial charge is 0.494 e. The average molecular weight is 687 g/mol. The number of nitrogens with two attached hydrogens (primary N) is 1. The highest BCUT2D eigenvalue weighted by Gasteiger charge is 2.44. The van der Waals surface area contributed by atoms with Crippen molar-refractivity contribution in [3.8, 4) is 17.0 Å². The van der Waals surface area contributed by atoms with Gasteiger partial charge >= 0.3 is 18.1 Å². The highest BCUT2D eigenvalue weighted by atomic mass is 35.5. The monoisotopic (exact) mass is 686 g/mol. The van der Waals surface area contributed by atoms with Gasteiger partial charge in [0.25, 0.3) is 5.91 Å². The number of benzene rings is 2. The molecule has 12 nitrogen and oxygen atoms in total. The Morgan fingerprint density at radius 3 is 2.28 bits per heavy atom. The van der Waals surface area contributed by atoms with Crippen LogP contribution in [0.5, 0.6) is 5.75 Å². The zero-order valence-electron chi connectivity index (χ0n) is 24.9. The third-order valence-corrected chi connectivity index (χ3v) is 7.56. The van der Waals surface area contributed by atoms with Gasteiger partial charge in [0.1, 0.15) is 0 Å². The van der Waals surface area contributed by atoms with E-state index in [-0.39, 0.29) is 65.4 Å². The number of hydrogen-bond acceptors (Lipinski definition) is 8. The fraction of sp³-hybridized carbons (Fsp3) is 0.345. The number of alkyl halides is 3. The minimum Gasteiger partial charge on any atom is -0.494 e. The lowest BCUT2D eigenvalue weighted by Crippen LogP contribution is -2.50. The fourth-order valence-corrected chi connectivity index (χ4v) is 4.98. The molecule has 3 amide bonds. The lowest BCUT2D eigenvalue weighted by Gasteiger charge is -2.35. The van der Waals surface area contributed by atoms with Crippen molar-refractivity contribution in [1.29, 1.82) is 0 Å². The topological polar surface area (TPSA) is 140 Å². The molecule has 3 aromatic rings. The van der Waals surface area contributed by atoms with Crippen LogP contribution in [0.1, 0.15) is 33.8 Å². The average Bonchev–Trinajstić information content (AvgIpc) is 3.43. The first kappa shape index (κ1) is 35.1. The zero-order valence-corrected chi connectivity index (χ0v) is 25.7. The number of methoxy groups -OCH3 is 1. The number of amides is 3. The molecule has 1 aromatic heterocycles. The van der Waals surface area contributed by atoms with E-state index in [9.17, 15) is 41.1 Å². The molecule has 2 aromatic carbocycles. The summed E-state index contributed by atoms with van der Waals surface area (Å²) in [5, 5.41) is -0.329. The number of nitrogens with zero attached hydrogens (tertiary/aromatic N) is 5. The summed E-state index contributed by atoms with van der Waals surface area (Å²) in [4.78, 5) is 62.1. The SMILES string of the molecule is COc1ccc(-c2cnc(C(=O)N(OC(=O)C(F)(F)F)c3ccc(C(=O)N4CCN(C(=O)CCCN)CC4)c(Cl)c3)n2C)c(F)c1F. The van der Waals surface area contributed by atoms with Crippen molar-refractivity contribution in [2.75, 3.05) is 44.9 Å². The molecule has 252 valence electrons. The molecule has 2 N–H and O–H groups in total. The molecule has 4 rings (SSSR count). The Kier molecular flexibility index (Phi) is 10.7. The maximum absolute atomic E-state index is 14.8. The van der Waals surface area contributed by atoms with Gasteiger partial charge in [0, 0.05) is 45.2 Å². The number of carbonyl (C=O) groups excluding carboxylic acids is 4. The Morgan fingerprint density at radius 1 is 1.02 bits per heavy atom. The normalized spacial score (nSPS) is 13.4. The van der Waals surface area contributed by atoms with E-state index in [0.717, 1.165) is 48.2 Å². The number of ether oxygens (including phenoxy) is 1. The second-order valence-corrected chi connectivity index (χ2v) is 10.6. The van der Waals surface area contributed by atoms with Crippen molar-refractivity contribution in [2.45, 2.75) is 19.0 Å². The molecule has 0 bridgehead atoms. The molecular formula is C29H28ClF5N6O6. The maximum atomic E-state index is 14.8. The number of hydroxylamine groups is 1. The molecule has 1 fully saturated rings. The summed E-state index contributed by atoms with van der Waals surface area (Å²) in [6.07, 6.45) is -3.76. The zero-order chi connectivity index (χ0) is 34.6. The van der Waals surface area contributed by atoms with Gasteiger partial charge in [-0.05, 0) is 43.3 Å². The van der Waals surface area contributed by atoms with Gasteiger partial charge in [-0.25, -0.2) is 14.2 Å². The van der Waals surface area contributed by atoms with Crippen LogP contribution in [0.2, 0.25) is 5.02 Å². The van der Waals surface area contributed by atoms with Gasteiger partial charge in [-0.2, -0.15) is 17.6 Å². The molecule has 1 aliphatic heterocycles. The smallest absolute Gasteiger partial charge is 0.493 e. The Hall–Kier alpha value is -4.77. The Morgan fingerprint density at radius 2 is 1.68 bits per heavy atom. The molecule has 1 aliphatic rings. The highest BCUT2D eigenvalue weighted by molar-refractivity contribution is 6.34. The number of imidazole rings is 1. The van der Waals surface area contributed by atoms with E-state index in [1.807, 2.05) is 0 Å². The summed E-state index contributed by atoms with van der Waals surface area (Å²) >= 11 is 6.34. The number of rotatable bonds is 8. The van der Waals surface area contributed by atoms with E-state index < -0.39 is 52.9 Å². The number of carbonyl (C=O) groups is 4. The van der Waals surface area contributed by atoms with Crippen molar-refractivity contribution in [1.82, 2.24) is 19.4 Å². The molecule has 0 radical (unpaired) electrons. The summed E-state index contributed by atoms with van der Waals surface area (Å²) in [7, 11) is 2.32. The first-order chi connectivity index (χ1) is 22.2. The standard InChI is InChI=1S/C29H28ClF5N6O6/c1-38-20(18-7-8-21(46-2)24(32)23(18)31)15-37-25(38)27(44)41(47-28(45)29(33,34)35)16-5-6-17(19(30)14-16)26(43)40-12-10-39(11-13-40)22(42)4-3-9-36/h5-8,14-15H,3-4,9-13,36H2,1-2H3. The van der Waals surface area contributed by atoms with Gasteiger partial charge in [0.15, 0.2) is 11.6 Å². The van der Waals surface area contributed by atoms with Crippen LogP contribution < -0.4 is 15.5 Å². The lowest BCUT2D eigenvalue weighted by molar-refractivity contribution is -0.200. The van der Waals surface area contributed by atoms with Crippen LogP contribution in [0.15, 0.2) is 36.5 Å². The fourth-order valence-electron chi connectivity index (χ4n) is 4.73. The third-order valence-electron chi connectivity index (χ3n) is 7.24. The van der Waals surface area contributed by atoms with Gasteiger partial charge in [-0.15, -0.1) is 5.06 Å². The Balaban J connectivity index is 1.61. The highest BCUT2D eigenvalue weighted by Crippen LogP contribution is 2.32. The molecule has 0 unspecified atom stereocenters. The minimum absolute atomic E-state index is 0.0290. The van der Waals surface area contributed by atoms with Crippen LogP contribution in [0.4, 0.5) is 27.6 Å². The van der Waals surface area contributed by atoms with E-state index in [1.54, 1.807) is 4.90 Å². The van der Waals surface area contributed by atoms with Gasteiger partial charge < -0.3 is 29.7 Å². The van der Waals surface area contributed by atoms with Crippen molar-refractivity contribution < 1.29 is 50.7 Å². The van der Waals surface area contributed by atoms with E-state index >= 15 is 0 Å². The van der Waals surface area contributed by atoms with Crippen LogP contribution in [0.25, 0.3) is 11.3 Å². The van der Waals surface area contributed by atoms with E-state index in [1.165, 1.54) is 11.9 Å². The maximum Gasteiger partial charge on any atom is 0.493 e. The van der Waals surface area contributed by atoms with E-state index in [0.29, 0.717) is 13.0 Å². The van der Waals surface area contributed by atoms with Crippen LogP contribution in [-0.2, 0) is 21.5 Å². The van der Waals surface area contributed by atoms with E-state index in [4.69, 9.17) is 22.1 Å². The van der Waals surface area contributed by atoms with E-state index in [2.05, 4.69) is 9.82 Å². The van der Waals surface area contributed by atoms with Gasteiger partial charge in [0.2, 0.25) is 17.5 Å². The molecule has 0 spiro atoms. The second-order valence-electron chi connectivity index (χ2n) is 10.2. The van der Waals surface area contributed by atoms with Crippen molar-refractivity contribution >= 4 is 41.0 Å². The first-order valence-electron chi connectivity index (χ1n) is 13.9. The molecule has 0 aliphatic carbocycles. The van der Waals surface area contributed by atoms with Crippen molar-refractivity contribution in [3.63, 3.8) is 0 Å². The molecule has 0 atom stereocenters. The Labute approximate surface area is 269 Å². The number of halogens is 6. The molecule has 47 heavy (non-hydrogen) atoms. The van der Waals surface area contributed by atoms with Crippen LogP contribution in [0.3, 0.4) is 0 Å². The predicted molar refractivity (Wildman–Crippen MR) is 156 cm³/mol. The van der Waals surface area contributed by atoms with Crippen molar-refractivity contribution in [3.05, 3.63) is 64.6 Å². The number of piperazine rings is 1. The molecular weight excluding hydrogens is 659 g/mol. The molecule has 2 heterocycles. The van der Waals surface area contributed by atoms with Crippen LogP contribution in [0, 0.1) is 11.6 Å². The summed E-state index contributed by atoms with van der Waals surface area (Å²) in [5.41, 5.74) is 4.36. The Bertz CT molecular complexity index is 1690. The van der Waals surface area contributed by atoms with Gasteiger partial charge in [-0.3, -0.25) is 14.4 Å². The second kappa shape index (κ2) is 14.3. The lowest BCUT2D eigenvalue weighted by atomic mass is 10.1.